The zero-order chi connectivity index (χ0) is 12.7. The van der Waals surface area contributed by atoms with E-state index in [1.54, 1.807) is 0 Å². The molecule has 0 N–H and O–H groups in total. The largest absolute Gasteiger partial charge is 0.126 e. The quantitative estimate of drug-likeness (QED) is 0.467. The first-order chi connectivity index (χ1) is 8.20. The second-order valence-electron chi connectivity index (χ2n) is 4.82. The lowest BCUT2D eigenvalue weighted by Gasteiger charge is -2.31. The van der Waals surface area contributed by atoms with Gasteiger partial charge in [-0.15, -0.1) is 23.2 Å². The third-order valence-corrected chi connectivity index (χ3v) is 4.51. The number of hydrogen-bond donors (Lipinski definition) is 0. The van der Waals surface area contributed by atoms with Crippen LogP contribution in [0.4, 0.5) is 0 Å². The average molecular weight is 273 g/mol. The number of halogens is 2. The van der Waals surface area contributed by atoms with Crippen LogP contribution in [0, 0.1) is 6.92 Å². The molecule has 0 nitrogen and oxygen atoms in total. The third kappa shape index (κ3) is 3.63. The van der Waals surface area contributed by atoms with Crippen LogP contribution in [-0.4, -0.2) is 11.8 Å². The fourth-order valence-corrected chi connectivity index (χ4v) is 3.17. The minimum Gasteiger partial charge on any atom is -0.126 e. The Morgan fingerprint density at radius 3 is 2.24 bits per heavy atom. The van der Waals surface area contributed by atoms with Crippen LogP contribution in [0.25, 0.3) is 0 Å². The van der Waals surface area contributed by atoms with Gasteiger partial charge in [-0.25, -0.2) is 0 Å². The van der Waals surface area contributed by atoms with Gasteiger partial charge in [0.25, 0.3) is 0 Å². The molecule has 2 heteroatoms. The topological polar surface area (TPSA) is 0 Å². The maximum Gasteiger partial charge on any atom is 0.0332 e. The highest BCUT2D eigenvalue weighted by Crippen LogP contribution is 2.35. The first kappa shape index (κ1) is 14.9. The highest BCUT2D eigenvalue weighted by atomic mass is 35.5. The van der Waals surface area contributed by atoms with Crippen molar-refractivity contribution in [3.63, 3.8) is 0 Å². The van der Waals surface area contributed by atoms with E-state index in [0.29, 0.717) is 11.8 Å². The normalized spacial score (nSPS) is 11.8. The Morgan fingerprint density at radius 1 is 1.06 bits per heavy atom. The van der Waals surface area contributed by atoms with Gasteiger partial charge in [-0.3, -0.25) is 0 Å². The molecule has 1 aromatic carbocycles. The predicted molar refractivity (Wildman–Crippen MR) is 78.4 cm³/mol. The second-order valence-corrected chi connectivity index (χ2v) is 5.35. The monoisotopic (exact) mass is 272 g/mol. The zero-order valence-corrected chi connectivity index (χ0v) is 12.3. The van der Waals surface area contributed by atoms with Crippen molar-refractivity contribution in [1.82, 2.24) is 0 Å². The lowest BCUT2D eigenvalue weighted by molar-refractivity contribution is 0.459. The highest BCUT2D eigenvalue weighted by molar-refractivity contribution is 6.22. The molecule has 1 rings (SSSR count). The molecule has 0 bridgehead atoms. The summed E-state index contributed by atoms with van der Waals surface area (Å²) in [5, 5.41) is 0. The van der Waals surface area contributed by atoms with Gasteiger partial charge in [-0.2, -0.15) is 0 Å². The Bertz CT molecular complexity index is 329. The van der Waals surface area contributed by atoms with Gasteiger partial charge in [-0.1, -0.05) is 50.5 Å². The van der Waals surface area contributed by atoms with Crippen molar-refractivity contribution in [2.24, 2.45) is 0 Å². The molecule has 0 fully saturated rings. The van der Waals surface area contributed by atoms with E-state index >= 15 is 0 Å². The summed E-state index contributed by atoms with van der Waals surface area (Å²) in [4.78, 5) is 0. The van der Waals surface area contributed by atoms with Crippen LogP contribution in [0.1, 0.15) is 43.7 Å². The van der Waals surface area contributed by atoms with Crippen molar-refractivity contribution in [1.29, 1.82) is 0 Å². The summed E-state index contributed by atoms with van der Waals surface area (Å²) in [6.07, 6.45) is 4.76. The smallest absolute Gasteiger partial charge is 0.0332 e. The molecule has 0 radical (unpaired) electrons. The van der Waals surface area contributed by atoms with Gasteiger partial charge < -0.3 is 0 Å². The van der Waals surface area contributed by atoms with E-state index in [2.05, 4.69) is 38.1 Å². The second kappa shape index (κ2) is 7.28. The van der Waals surface area contributed by atoms with E-state index in [1.807, 2.05) is 0 Å². The number of alkyl halides is 2. The number of hydrogen-bond acceptors (Lipinski definition) is 0. The number of benzene rings is 1. The molecule has 0 saturated carbocycles. The first-order valence-corrected chi connectivity index (χ1v) is 7.45. The lowest BCUT2D eigenvalue weighted by atomic mass is 9.77. The Kier molecular flexibility index (Phi) is 6.37. The SMILES string of the molecule is CCCCCC(CCl)(CCl)c1ccccc1C. The van der Waals surface area contributed by atoms with Gasteiger partial charge in [0, 0.05) is 17.2 Å². The van der Waals surface area contributed by atoms with Crippen LogP contribution < -0.4 is 0 Å². The third-order valence-electron chi connectivity index (χ3n) is 3.49. The summed E-state index contributed by atoms with van der Waals surface area (Å²) in [7, 11) is 0. The molecule has 0 aliphatic rings. The zero-order valence-electron chi connectivity index (χ0n) is 10.8. The summed E-state index contributed by atoms with van der Waals surface area (Å²) in [6, 6.07) is 8.46. The molecule has 1 aromatic rings. The minimum atomic E-state index is -0.0520. The molecule has 0 amide bonds. The molecule has 0 saturated heterocycles. The van der Waals surface area contributed by atoms with Crippen molar-refractivity contribution in [3.8, 4) is 0 Å². The Labute approximate surface area is 115 Å². The van der Waals surface area contributed by atoms with Gasteiger partial charge in [-0.05, 0) is 24.5 Å². The molecular weight excluding hydrogens is 251 g/mol. The van der Waals surface area contributed by atoms with Crippen molar-refractivity contribution in [2.75, 3.05) is 11.8 Å². The number of rotatable bonds is 7. The molecular formula is C15H22Cl2. The van der Waals surface area contributed by atoms with Gasteiger partial charge in [0.2, 0.25) is 0 Å². The summed E-state index contributed by atoms with van der Waals surface area (Å²) < 4.78 is 0. The van der Waals surface area contributed by atoms with Crippen LogP contribution in [-0.2, 0) is 5.41 Å². The first-order valence-electron chi connectivity index (χ1n) is 6.38. The van der Waals surface area contributed by atoms with Crippen molar-refractivity contribution >= 4 is 23.2 Å². The van der Waals surface area contributed by atoms with Crippen LogP contribution in [0.15, 0.2) is 24.3 Å². The molecule has 17 heavy (non-hydrogen) atoms. The highest BCUT2D eigenvalue weighted by Gasteiger charge is 2.31. The van der Waals surface area contributed by atoms with Crippen molar-refractivity contribution < 1.29 is 0 Å². The van der Waals surface area contributed by atoms with Crippen LogP contribution >= 0.6 is 23.2 Å². The number of aryl methyl sites for hydroxylation is 1. The van der Waals surface area contributed by atoms with E-state index in [4.69, 9.17) is 23.2 Å². The van der Waals surface area contributed by atoms with Crippen molar-refractivity contribution in [2.45, 2.75) is 44.9 Å². The van der Waals surface area contributed by atoms with Crippen LogP contribution in [0.3, 0.4) is 0 Å². The molecule has 0 unspecified atom stereocenters. The van der Waals surface area contributed by atoms with Gasteiger partial charge >= 0.3 is 0 Å². The maximum absolute atomic E-state index is 6.23. The molecule has 0 heterocycles. The Balaban J connectivity index is 2.94. The molecule has 0 aliphatic carbocycles. The Morgan fingerprint density at radius 2 is 1.71 bits per heavy atom. The van der Waals surface area contributed by atoms with E-state index in [-0.39, 0.29) is 5.41 Å². The van der Waals surface area contributed by atoms with Crippen LogP contribution in [0.5, 0.6) is 0 Å². The lowest BCUT2D eigenvalue weighted by Crippen LogP contribution is -2.31. The van der Waals surface area contributed by atoms with E-state index in [1.165, 1.54) is 30.4 Å². The fourth-order valence-electron chi connectivity index (χ4n) is 2.33. The summed E-state index contributed by atoms with van der Waals surface area (Å²) in [5.74, 6) is 1.20. The fraction of sp³-hybridized carbons (Fsp3) is 0.600. The summed E-state index contributed by atoms with van der Waals surface area (Å²) >= 11 is 12.5. The van der Waals surface area contributed by atoms with Crippen LogP contribution in [0.2, 0.25) is 0 Å². The summed E-state index contributed by atoms with van der Waals surface area (Å²) in [6.45, 7) is 4.36. The van der Waals surface area contributed by atoms with E-state index in [9.17, 15) is 0 Å². The maximum atomic E-state index is 6.23. The van der Waals surface area contributed by atoms with E-state index in [0.717, 1.165) is 6.42 Å². The number of unbranched alkanes of at least 4 members (excludes halogenated alkanes) is 2. The molecule has 0 atom stereocenters. The molecule has 0 aromatic heterocycles. The molecule has 0 aliphatic heterocycles. The van der Waals surface area contributed by atoms with Gasteiger partial charge in [0.15, 0.2) is 0 Å². The Hall–Kier alpha value is -0.200. The van der Waals surface area contributed by atoms with Gasteiger partial charge in [0.05, 0.1) is 0 Å². The average Bonchev–Trinajstić information content (AvgIpc) is 2.36. The van der Waals surface area contributed by atoms with Crippen molar-refractivity contribution in [3.05, 3.63) is 35.4 Å². The molecule has 96 valence electrons. The minimum absolute atomic E-state index is 0.0520. The van der Waals surface area contributed by atoms with Gasteiger partial charge in [0.1, 0.15) is 0 Å². The summed E-state index contributed by atoms with van der Waals surface area (Å²) in [5.41, 5.74) is 2.57. The molecule has 0 spiro atoms. The predicted octanol–water partition coefficient (Wildman–Crippen LogP) is 5.29. The standard InChI is InChI=1S/C15H22Cl2/c1-3-4-7-10-15(11-16,12-17)14-9-6-5-8-13(14)2/h5-6,8-9H,3-4,7,10-12H2,1-2H3. The van der Waals surface area contributed by atoms with E-state index < -0.39 is 0 Å².